The summed E-state index contributed by atoms with van der Waals surface area (Å²) >= 11 is 0. The van der Waals surface area contributed by atoms with E-state index in [0.29, 0.717) is 12.2 Å². The van der Waals surface area contributed by atoms with Gasteiger partial charge in [0.2, 0.25) is 0 Å². The first-order chi connectivity index (χ1) is 10.2. The van der Waals surface area contributed by atoms with Crippen LogP contribution in [0, 0.1) is 23.5 Å². The summed E-state index contributed by atoms with van der Waals surface area (Å²) in [6.07, 6.45) is 0.295. The van der Waals surface area contributed by atoms with Crippen molar-refractivity contribution in [1.29, 1.82) is 0 Å². The van der Waals surface area contributed by atoms with E-state index in [9.17, 15) is 8.78 Å². The summed E-state index contributed by atoms with van der Waals surface area (Å²) in [7, 11) is 0. The van der Waals surface area contributed by atoms with Gasteiger partial charge in [-0.25, -0.2) is 8.78 Å². The number of ether oxygens (including phenoxy) is 1. The molecule has 0 spiro atoms. The van der Waals surface area contributed by atoms with Crippen LogP contribution in [0.1, 0.15) is 17.5 Å². The lowest BCUT2D eigenvalue weighted by Gasteiger charge is -2.07. The largest absolute Gasteiger partial charge is 0.489 e. The van der Waals surface area contributed by atoms with E-state index in [4.69, 9.17) is 9.84 Å². The smallest absolute Gasteiger partial charge is 0.138 e. The SMILES string of the molecule is OCCC#Cc1cc(COc2cccc(F)c2)ccc1F. The Balaban J connectivity index is 2.07. The molecule has 0 aliphatic rings. The standard InChI is InChI=1S/C17H14F2O2/c18-15-5-3-6-16(11-15)21-12-13-7-8-17(19)14(10-13)4-1-2-9-20/h3,5-8,10-11,20H,2,9,12H2. The van der Waals surface area contributed by atoms with Crippen molar-refractivity contribution in [2.75, 3.05) is 6.61 Å². The Hall–Kier alpha value is -2.38. The number of benzene rings is 2. The molecule has 0 amide bonds. The van der Waals surface area contributed by atoms with Gasteiger partial charge in [0.15, 0.2) is 0 Å². The van der Waals surface area contributed by atoms with Crippen molar-refractivity contribution in [3.63, 3.8) is 0 Å². The molecule has 1 N–H and O–H groups in total. The van der Waals surface area contributed by atoms with Gasteiger partial charge in [-0.2, -0.15) is 0 Å². The van der Waals surface area contributed by atoms with Crippen LogP contribution in [-0.2, 0) is 6.61 Å². The minimum absolute atomic E-state index is 0.0585. The summed E-state index contributed by atoms with van der Waals surface area (Å²) in [6, 6.07) is 10.3. The summed E-state index contributed by atoms with van der Waals surface area (Å²) in [6.45, 7) is 0.134. The molecular formula is C17H14F2O2. The molecule has 0 atom stereocenters. The summed E-state index contributed by atoms with van der Waals surface area (Å²) in [5.74, 6) is 4.95. The highest BCUT2D eigenvalue weighted by Gasteiger charge is 2.03. The molecule has 0 heterocycles. The van der Waals surface area contributed by atoms with E-state index in [-0.39, 0.29) is 24.6 Å². The predicted molar refractivity (Wildman–Crippen MR) is 75.7 cm³/mol. The third-order valence-electron chi connectivity index (χ3n) is 2.69. The van der Waals surface area contributed by atoms with Crippen LogP contribution in [0.15, 0.2) is 42.5 Å². The molecule has 2 aromatic carbocycles. The molecular weight excluding hydrogens is 274 g/mol. The quantitative estimate of drug-likeness (QED) is 0.875. The summed E-state index contributed by atoms with van der Waals surface area (Å²) in [5.41, 5.74) is 0.984. The predicted octanol–water partition coefficient (Wildman–Crippen LogP) is 3.28. The van der Waals surface area contributed by atoms with Crippen LogP contribution >= 0.6 is 0 Å². The van der Waals surface area contributed by atoms with Crippen molar-refractivity contribution in [1.82, 2.24) is 0 Å². The molecule has 0 unspecified atom stereocenters. The minimum Gasteiger partial charge on any atom is -0.489 e. The molecule has 0 aromatic heterocycles. The lowest BCUT2D eigenvalue weighted by atomic mass is 10.1. The van der Waals surface area contributed by atoms with Crippen molar-refractivity contribution in [3.05, 3.63) is 65.2 Å². The van der Waals surface area contributed by atoms with Crippen molar-refractivity contribution in [3.8, 4) is 17.6 Å². The maximum atomic E-state index is 13.6. The van der Waals surface area contributed by atoms with E-state index in [1.54, 1.807) is 24.3 Å². The van der Waals surface area contributed by atoms with E-state index in [0.717, 1.165) is 5.56 Å². The number of hydrogen-bond donors (Lipinski definition) is 1. The van der Waals surface area contributed by atoms with Gasteiger partial charge < -0.3 is 9.84 Å². The third kappa shape index (κ3) is 4.59. The molecule has 2 nitrogen and oxygen atoms in total. The lowest BCUT2D eigenvalue weighted by Crippen LogP contribution is -1.97. The highest BCUT2D eigenvalue weighted by Crippen LogP contribution is 2.15. The molecule has 108 valence electrons. The van der Waals surface area contributed by atoms with Gasteiger partial charge in [-0.1, -0.05) is 24.0 Å². The first kappa shape index (κ1) is 15.0. The van der Waals surface area contributed by atoms with Gasteiger partial charge in [-0.15, -0.1) is 0 Å². The minimum atomic E-state index is -0.421. The fraction of sp³-hybridized carbons (Fsp3) is 0.176. The Morgan fingerprint density at radius 1 is 1.10 bits per heavy atom. The molecule has 21 heavy (non-hydrogen) atoms. The normalized spacial score (nSPS) is 9.86. The topological polar surface area (TPSA) is 29.5 Å². The first-order valence-corrected chi connectivity index (χ1v) is 6.45. The molecule has 2 rings (SSSR count). The zero-order valence-electron chi connectivity index (χ0n) is 11.3. The molecule has 4 heteroatoms. The molecule has 0 fully saturated rings. The summed E-state index contributed by atoms with van der Waals surface area (Å²) < 4.78 is 32.0. The molecule has 0 aliphatic heterocycles. The average Bonchev–Trinajstić information content (AvgIpc) is 2.48. The molecule has 0 radical (unpaired) electrons. The summed E-state index contributed by atoms with van der Waals surface area (Å²) in [4.78, 5) is 0. The summed E-state index contributed by atoms with van der Waals surface area (Å²) in [5, 5.41) is 8.65. The maximum Gasteiger partial charge on any atom is 0.138 e. The van der Waals surface area contributed by atoms with Crippen LogP contribution in [0.2, 0.25) is 0 Å². The molecule has 0 aliphatic carbocycles. The van der Waals surface area contributed by atoms with Gasteiger partial charge >= 0.3 is 0 Å². The Morgan fingerprint density at radius 2 is 1.95 bits per heavy atom. The lowest BCUT2D eigenvalue weighted by molar-refractivity contribution is 0.304. The Bertz CT molecular complexity index is 672. The van der Waals surface area contributed by atoms with E-state index in [1.807, 2.05) is 0 Å². The van der Waals surface area contributed by atoms with E-state index >= 15 is 0 Å². The number of aliphatic hydroxyl groups excluding tert-OH is 1. The number of aliphatic hydroxyl groups is 1. The Labute approximate surface area is 122 Å². The van der Waals surface area contributed by atoms with Gasteiger partial charge in [0.05, 0.1) is 12.2 Å². The second-order valence-corrected chi connectivity index (χ2v) is 4.34. The molecule has 0 saturated heterocycles. The molecule has 0 saturated carbocycles. The van der Waals surface area contributed by atoms with E-state index < -0.39 is 5.82 Å². The first-order valence-electron chi connectivity index (χ1n) is 6.45. The van der Waals surface area contributed by atoms with Gasteiger partial charge in [-0.05, 0) is 29.8 Å². The third-order valence-corrected chi connectivity index (χ3v) is 2.69. The van der Waals surface area contributed by atoms with Crippen LogP contribution in [-0.4, -0.2) is 11.7 Å². The Kier molecular flexibility index (Phi) is 5.30. The molecule has 2 aromatic rings. The van der Waals surface area contributed by atoms with E-state index in [1.165, 1.54) is 18.2 Å². The number of hydrogen-bond acceptors (Lipinski definition) is 2. The average molecular weight is 288 g/mol. The number of rotatable bonds is 4. The van der Waals surface area contributed by atoms with Crippen molar-refractivity contribution >= 4 is 0 Å². The van der Waals surface area contributed by atoms with Crippen LogP contribution in [0.5, 0.6) is 5.75 Å². The highest BCUT2D eigenvalue weighted by molar-refractivity contribution is 5.38. The second kappa shape index (κ2) is 7.41. The van der Waals surface area contributed by atoms with Gasteiger partial charge in [0.1, 0.15) is 24.0 Å². The van der Waals surface area contributed by atoms with Crippen molar-refractivity contribution in [2.24, 2.45) is 0 Å². The van der Waals surface area contributed by atoms with Gasteiger partial charge in [-0.3, -0.25) is 0 Å². The fourth-order valence-electron chi connectivity index (χ4n) is 1.70. The van der Waals surface area contributed by atoms with Gasteiger partial charge in [0, 0.05) is 12.5 Å². The van der Waals surface area contributed by atoms with Crippen LogP contribution in [0.3, 0.4) is 0 Å². The highest BCUT2D eigenvalue weighted by atomic mass is 19.1. The van der Waals surface area contributed by atoms with Gasteiger partial charge in [0.25, 0.3) is 0 Å². The zero-order valence-corrected chi connectivity index (χ0v) is 11.3. The fourth-order valence-corrected chi connectivity index (χ4v) is 1.70. The second-order valence-electron chi connectivity index (χ2n) is 4.34. The van der Waals surface area contributed by atoms with Crippen molar-refractivity contribution in [2.45, 2.75) is 13.0 Å². The number of halogens is 2. The van der Waals surface area contributed by atoms with Crippen LogP contribution in [0.25, 0.3) is 0 Å². The molecule has 0 bridgehead atoms. The van der Waals surface area contributed by atoms with Crippen LogP contribution < -0.4 is 4.74 Å². The van der Waals surface area contributed by atoms with Crippen molar-refractivity contribution < 1.29 is 18.6 Å². The monoisotopic (exact) mass is 288 g/mol. The van der Waals surface area contributed by atoms with Crippen LogP contribution in [0.4, 0.5) is 8.78 Å². The Morgan fingerprint density at radius 3 is 2.71 bits per heavy atom. The zero-order chi connectivity index (χ0) is 15.1. The van der Waals surface area contributed by atoms with E-state index in [2.05, 4.69) is 11.8 Å². The maximum absolute atomic E-state index is 13.6.